The SMILES string of the molecule is C=CC1CCN(C(=O)NCC)CC1. The maximum atomic E-state index is 11.4. The summed E-state index contributed by atoms with van der Waals surface area (Å²) in [7, 11) is 0. The van der Waals surface area contributed by atoms with Gasteiger partial charge in [0.05, 0.1) is 0 Å². The van der Waals surface area contributed by atoms with E-state index in [1.807, 2.05) is 17.9 Å². The van der Waals surface area contributed by atoms with Crippen LogP contribution in [-0.2, 0) is 0 Å². The molecule has 1 fully saturated rings. The summed E-state index contributed by atoms with van der Waals surface area (Å²) in [4.78, 5) is 13.3. The average molecular weight is 182 g/mol. The fourth-order valence-corrected chi connectivity index (χ4v) is 1.60. The van der Waals surface area contributed by atoms with Crippen LogP contribution in [0.3, 0.4) is 0 Å². The van der Waals surface area contributed by atoms with E-state index in [1.165, 1.54) is 0 Å². The van der Waals surface area contributed by atoms with Crippen molar-refractivity contribution in [3.8, 4) is 0 Å². The molecule has 0 aromatic rings. The molecule has 0 radical (unpaired) electrons. The van der Waals surface area contributed by atoms with Crippen molar-refractivity contribution in [3.05, 3.63) is 12.7 Å². The summed E-state index contributed by atoms with van der Waals surface area (Å²) in [6.07, 6.45) is 4.11. The van der Waals surface area contributed by atoms with Crippen molar-refractivity contribution in [1.29, 1.82) is 0 Å². The number of urea groups is 1. The molecule has 2 amide bonds. The van der Waals surface area contributed by atoms with Gasteiger partial charge in [0.1, 0.15) is 0 Å². The molecule has 0 aliphatic carbocycles. The molecule has 1 aliphatic rings. The molecule has 3 nitrogen and oxygen atoms in total. The van der Waals surface area contributed by atoms with Crippen molar-refractivity contribution in [2.75, 3.05) is 19.6 Å². The molecular formula is C10H18N2O. The third-order valence-corrected chi connectivity index (χ3v) is 2.49. The first kappa shape index (κ1) is 10.1. The minimum Gasteiger partial charge on any atom is -0.338 e. The Morgan fingerprint density at radius 1 is 1.62 bits per heavy atom. The van der Waals surface area contributed by atoms with Crippen LogP contribution in [0.4, 0.5) is 4.79 Å². The Bertz CT molecular complexity index is 183. The van der Waals surface area contributed by atoms with Crippen molar-refractivity contribution in [2.45, 2.75) is 19.8 Å². The zero-order valence-corrected chi connectivity index (χ0v) is 8.25. The number of allylic oxidation sites excluding steroid dienone is 1. The summed E-state index contributed by atoms with van der Waals surface area (Å²) in [6, 6.07) is 0.0741. The van der Waals surface area contributed by atoms with E-state index >= 15 is 0 Å². The summed E-state index contributed by atoms with van der Waals surface area (Å²) in [5.41, 5.74) is 0. The van der Waals surface area contributed by atoms with E-state index in [0.29, 0.717) is 12.5 Å². The molecule has 1 saturated heterocycles. The lowest BCUT2D eigenvalue weighted by atomic mass is 9.97. The van der Waals surface area contributed by atoms with E-state index in [-0.39, 0.29) is 6.03 Å². The van der Waals surface area contributed by atoms with Gasteiger partial charge in [-0.05, 0) is 25.7 Å². The standard InChI is InChI=1S/C10H18N2O/c1-3-9-5-7-12(8-6-9)10(13)11-4-2/h3,9H,1,4-8H2,2H3,(H,11,13). The van der Waals surface area contributed by atoms with Crippen LogP contribution in [0, 0.1) is 5.92 Å². The van der Waals surface area contributed by atoms with Gasteiger partial charge < -0.3 is 10.2 Å². The van der Waals surface area contributed by atoms with Crippen molar-refractivity contribution >= 4 is 6.03 Å². The van der Waals surface area contributed by atoms with Crippen LogP contribution >= 0.6 is 0 Å². The van der Waals surface area contributed by atoms with Gasteiger partial charge in [0.25, 0.3) is 0 Å². The van der Waals surface area contributed by atoms with Crippen molar-refractivity contribution in [1.82, 2.24) is 10.2 Å². The fraction of sp³-hybridized carbons (Fsp3) is 0.700. The number of nitrogens with zero attached hydrogens (tertiary/aromatic N) is 1. The van der Waals surface area contributed by atoms with Gasteiger partial charge in [0.2, 0.25) is 0 Å². The molecule has 0 aromatic carbocycles. The molecular weight excluding hydrogens is 164 g/mol. The summed E-state index contributed by atoms with van der Waals surface area (Å²) >= 11 is 0. The van der Waals surface area contributed by atoms with Gasteiger partial charge >= 0.3 is 6.03 Å². The lowest BCUT2D eigenvalue weighted by Crippen LogP contribution is -2.44. The first-order chi connectivity index (χ1) is 6.27. The normalized spacial score (nSPS) is 18.4. The number of piperidine rings is 1. The molecule has 0 bridgehead atoms. The number of hydrogen-bond acceptors (Lipinski definition) is 1. The Morgan fingerprint density at radius 3 is 2.69 bits per heavy atom. The molecule has 0 aromatic heterocycles. The van der Waals surface area contributed by atoms with E-state index in [4.69, 9.17) is 0 Å². The largest absolute Gasteiger partial charge is 0.338 e. The molecule has 3 heteroatoms. The van der Waals surface area contributed by atoms with E-state index in [2.05, 4.69) is 11.9 Å². The Kier molecular flexibility index (Phi) is 3.80. The highest BCUT2D eigenvalue weighted by atomic mass is 16.2. The van der Waals surface area contributed by atoms with Crippen LogP contribution in [0.2, 0.25) is 0 Å². The summed E-state index contributed by atoms with van der Waals surface area (Å²) in [6.45, 7) is 8.15. The molecule has 0 atom stereocenters. The molecule has 1 heterocycles. The molecule has 74 valence electrons. The zero-order valence-electron chi connectivity index (χ0n) is 8.25. The van der Waals surface area contributed by atoms with Crippen LogP contribution < -0.4 is 5.32 Å². The number of amides is 2. The summed E-state index contributed by atoms with van der Waals surface area (Å²) in [5.74, 6) is 0.602. The van der Waals surface area contributed by atoms with Crippen LogP contribution in [-0.4, -0.2) is 30.6 Å². The fourth-order valence-electron chi connectivity index (χ4n) is 1.60. The minimum absolute atomic E-state index is 0.0741. The summed E-state index contributed by atoms with van der Waals surface area (Å²) in [5, 5.41) is 2.81. The highest BCUT2D eigenvalue weighted by molar-refractivity contribution is 5.74. The number of carbonyl (C=O) groups is 1. The number of likely N-dealkylation sites (tertiary alicyclic amines) is 1. The predicted octanol–water partition coefficient (Wildman–Crippen LogP) is 1.61. The van der Waals surface area contributed by atoms with Crippen LogP contribution in [0.15, 0.2) is 12.7 Å². The topological polar surface area (TPSA) is 32.3 Å². The van der Waals surface area contributed by atoms with E-state index in [1.54, 1.807) is 0 Å². The second-order valence-electron chi connectivity index (χ2n) is 3.40. The van der Waals surface area contributed by atoms with E-state index in [0.717, 1.165) is 25.9 Å². The van der Waals surface area contributed by atoms with Gasteiger partial charge in [-0.2, -0.15) is 0 Å². The van der Waals surface area contributed by atoms with Crippen molar-refractivity contribution in [3.63, 3.8) is 0 Å². The molecule has 0 spiro atoms. The maximum absolute atomic E-state index is 11.4. The van der Waals surface area contributed by atoms with Crippen molar-refractivity contribution in [2.24, 2.45) is 5.92 Å². The number of nitrogens with one attached hydrogen (secondary N) is 1. The minimum atomic E-state index is 0.0741. The number of hydrogen-bond donors (Lipinski definition) is 1. The van der Waals surface area contributed by atoms with Gasteiger partial charge in [-0.1, -0.05) is 6.08 Å². The quantitative estimate of drug-likeness (QED) is 0.646. The second kappa shape index (κ2) is 4.90. The molecule has 0 unspecified atom stereocenters. The first-order valence-electron chi connectivity index (χ1n) is 4.93. The maximum Gasteiger partial charge on any atom is 0.317 e. The van der Waals surface area contributed by atoms with Gasteiger partial charge in [-0.25, -0.2) is 4.79 Å². The molecule has 0 saturated carbocycles. The third kappa shape index (κ3) is 2.76. The van der Waals surface area contributed by atoms with Gasteiger partial charge in [0.15, 0.2) is 0 Å². The van der Waals surface area contributed by atoms with Gasteiger partial charge in [0, 0.05) is 19.6 Å². The van der Waals surface area contributed by atoms with E-state index in [9.17, 15) is 4.79 Å². The number of rotatable bonds is 2. The van der Waals surface area contributed by atoms with Crippen LogP contribution in [0.5, 0.6) is 0 Å². The highest BCUT2D eigenvalue weighted by Crippen LogP contribution is 2.17. The Hall–Kier alpha value is -0.990. The first-order valence-corrected chi connectivity index (χ1v) is 4.93. The lowest BCUT2D eigenvalue weighted by Gasteiger charge is -2.30. The Balaban J connectivity index is 2.31. The molecule has 1 rings (SSSR count). The lowest BCUT2D eigenvalue weighted by molar-refractivity contribution is 0.179. The third-order valence-electron chi connectivity index (χ3n) is 2.49. The predicted molar refractivity (Wildman–Crippen MR) is 53.6 cm³/mol. The Morgan fingerprint density at radius 2 is 2.23 bits per heavy atom. The Labute approximate surface area is 79.8 Å². The van der Waals surface area contributed by atoms with Crippen LogP contribution in [0.1, 0.15) is 19.8 Å². The molecule has 1 N–H and O–H groups in total. The smallest absolute Gasteiger partial charge is 0.317 e. The van der Waals surface area contributed by atoms with Crippen molar-refractivity contribution < 1.29 is 4.79 Å². The average Bonchev–Trinajstić information content (AvgIpc) is 2.18. The highest BCUT2D eigenvalue weighted by Gasteiger charge is 2.19. The monoisotopic (exact) mass is 182 g/mol. The second-order valence-corrected chi connectivity index (χ2v) is 3.40. The summed E-state index contributed by atoms with van der Waals surface area (Å²) < 4.78 is 0. The van der Waals surface area contributed by atoms with Gasteiger partial charge in [-0.15, -0.1) is 6.58 Å². The number of carbonyl (C=O) groups excluding carboxylic acids is 1. The van der Waals surface area contributed by atoms with Crippen LogP contribution in [0.25, 0.3) is 0 Å². The van der Waals surface area contributed by atoms with Gasteiger partial charge in [-0.3, -0.25) is 0 Å². The zero-order chi connectivity index (χ0) is 9.68. The molecule has 13 heavy (non-hydrogen) atoms. The van der Waals surface area contributed by atoms with E-state index < -0.39 is 0 Å². The molecule has 1 aliphatic heterocycles.